The fraction of sp³-hybridized carbons (Fsp3) is 0.167. The molecule has 0 aliphatic rings. The Kier molecular flexibility index (Phi) is 7.84. The Labute approximate surface area is 200 Å². The van der Waals surface area contributed by atoms with Gasteiger partial charge in [-0.3, -0.25) is 0 Å². The molecule has 0 atom stereocenters. The molecule has 174 valence electrons. The van der Waals surface area contributed by atoms with Crippen LogP contribution in [0.5, 0.6) is 11.5 Å². The number of carbonyl (C=O) groups excluding carboxylic acids is 2. The second-order valence-corrected chi connectivity index (χ2v) is 7.52. The zero-order chi connectivity index (χ0) is 24.7. The molecule has 0 unspecified atom stereocenters. The van der Waals surface area contributed by atoms with Crippen LogP contribution in [0, 0.1) is 11.3 Å². The van der Waals surface area contributed by atoms with E-state index in [1.54, 1.807) is 26.4 Å². The summed E-state index contributed by atoms with van der Waals surface area (Å²) in [5, 5.41) is 14.9. The van der Waals surface area contributed by atoms with Crippen molar-refractivity contribution in [1.29, 1.82) is 5.26 Å². The van der Waals surface area contributed by atoms with Crippen molar-refractivity contribution in [3.8, 4) is 28.8 Å². The molecule has 0 spiro atoms. The molecule has 0 aliphatic heterocycles. The van der Waals surface area contributed by atoms with Crippen molar-refractivity contribution < 1.29 is 28.5 Å². The van der Waals surface area contributed by atoms with Crippen molar-refractivity contribution in [3.63, 3.8) is 0 Å². The van der Waals surface area contributed by atoms with Gasteiger partial charge in [0.25, 0.3) is 0 Å². The van der Waals surface area contributed by atoms with Crippen molar-refractivity contribution in [2.24, 2.45) is 0 Å². The molecule has 34 heavy (non-hydrogen) atoms. The van der Waals surface area contributed by atoms with Gasteiger partial charge in [0.2, 0.25) is 0 Å². The van der Waals surface area contributed by atoms with Crippen molar-refractivity contribution in [2.75, 3.05) is 33.8 Å². The van der Waals surface area contributed by atoms with E-state index in [0.717, 1.165) is 5.56 Å². The number of carbonyl (C=O) groups is 2. The van der Waals surface area contributed by atoms with Gasteiger partial charge in [-0.1, -0.05) is 0 Å². The number of esters is 2. The van der Waals surface area contributed by atoms with Crippen LogP contribution in [0.15, 0.2) is 48.0 Å². The number of anilines is 1. The van der Waals surface area contributed by atoms with Gasteiger partial charge in [0.15, 0.2) is 11.5 Å². The molecular formula is C24H21N3O6S. The van der Waals surface area contributed by atoms with Crippen molar-refractivity contribution in [3.05, 3.63) is 64.1 Å². The molecule has 0 amide bonds. The fourth-order valence-electron chi connectivity index (χ4n) is 3.01. The average molecular weight is 480 g/mol. The quantitative estimate of drug-likeness (QED) is 0.371. The number of hydrogen-bond donors (Lipinski definition) is 1. The zero-order valence-corrected chi connectivity index (χ0v) is 19.7. The van der Waals surface area contributed by atoms with E-state index in [-0.39, 0.29) is 22.4 Å². The first-order valence-corrected chi connectivity index (χ1v) is 10.7. The first-order valence-electron chi connectivity index (χ1n) is 9.81. The van der Waals surface area contributed by atoms with Gasteiger partial charge in [-0.25, -0.2) is 14.6 Å². The third kappa shape index (κ3) is 5.16. The summed E-state index contributed by atoms with van der Waals surface area (Å²) in [5.74, 6) is -0.00792. The standard InChI is InChI=1S/C24H21N3O6S/c1-30-20-8-6-14(10-21(20)31-2)19-13-34-22(27-19)16(11-25)12-26-18-9-15(23(28)32-3)5-7-17(18)24(29)33-4/h5-10,12-13,26H,1-4H3/b16-12+. The van der Waals surface area contributed by atoms with Gasteiger partial charge in [0.05, 0.1) is 50.9 Å². The summed E-state index contributed by atoms with van der Waals surface area (Å²) in [6.07, 6.45) is 1.42. The highest BCUT2D eigenvalue weighted by molar-refractivity contribution is 7.11. The Morgan fingerprint density at radius 3 is 2.38 bits per heavy atom. The Morgan fingerprint density at radius 2 is 1.74 bits per heavy atom. The van der Waals surface area contributed by atoms with E-state index in [0.29, 0.717) is 22.2 Å². The lowest BCUT2D eigenvalue weighted by Gasteiger charge is -2.10. The number of aromatic nitrogens is 1. The first-order chi connectivity index (χ1) is 16.4. The Morgan fingerprint density at radius 1 is 1.00 bits per heavy atom. The number of thiazole rings is 1. The largest absolute Gasteiger partial charge is 0.493 e. The normalized spacial score (nSPS) is 10.7. The van der Waals surface area contributed by atoms with Crippen molar-refractivity contribution >= 4 is 34.5 Å². The smallest absolute Gasteiger partial charge is 0.339 e. The molecule has 0 saturated heterocycles. The summed E-state index contributed by atoms with van der Waals surface area (Å²) in [5.41, 5.74) is 2.38. The highest BCUT2D eigenvalue weighted by Gasteiger charge is 2.16. The molecule has 0 radical (unpaired) electrons. The number of nitriles is 1. The summed E-state index contributed by atoms with van der Waals surface area (Å²) in [6, 6.07) is 11.9. The molecular weight excluding hydrogens is 458 g/mol. The summed E-state index contributed by atoms with van der Waals surface area (Å²) in [4.78, 5) is 28.6. The van der Waals surface area contributed by atoms with Crippen LogP contribution in [0.4, 0.5) is 5.69 Å². The van der Waals surface area contributed by atoms with Crippen LogP contribution in [0.25, 0.3) is 16.8 Å². The Hall–Kier alpha value is -4.36. The summed E-state index contributed by atoms with van der Waals surface area (Å²) < 4.78 is 20.1. The Bertz CT molecular complexity index is 1290. The SMILES string of the molecule is COC(=O)c1ccc(C(=O)OC)c(N/C=C(\C#N)c2nc(-c3ccc(OC)c(OC)c3)cs2)c1. The predicted molar refractivity (Wildman–Crippen MR) is 127 cm³/mol. The van der Waals surface area contributed by atoms with E-state index >= 15 is 0 Å². The van der Waals surface area contributed by atoms with E-state index in [4.69, 9.17) is 18.9 Å². The molecule has 0 fully saturated rings. The third-order valence-electron chi connectivity index (χ3n) is 4.75. The lowest BCUT2D eigenvalue weighted by molar-refractivity contribution is 0.0587. The number of nitrogens with one attached hydrogen (secondary N) is 1. The minimum absolute atomic E-state index is 0.189. The molecule has 9 nitrogen and oxygen atoms in total. The number of benzene rings is 2. The van der Waals surface area contributed by atoms with Gasteiger partial charge in [-0.15, -0.1) is 11.3 Å². The van der Waals surface area contributed by atoms with E-state index in [1.807, 2.05) is 11.4 Å². The number of rotatable bonds is 8. The van der Waals surface area contributed by atoms with Gasteiger partial charge in [0, 0.05) is 17.1 Å². The molecule has 0 aliphatic carbocycles. The summed E-state index contributed by atoms with van der Waals surface area (Å²) in [7, 11) is 5.62. The van der Waals surface area contributed by atoms with Gasteiger partial charge in [-0.2, -0.15) is 5.26 Å². The molecule has 1 aromatic heterocycles. The monoisotopic (exact) mass is 479 g/mol. The van der Waals surface area contributed by atoms with Gasteiger partial charge >= 0.3 is 11.9 Å². The first kappa shape index (κ1) is 24.3. The molecule has 3 rings (SSSR count). The number of hydrogen-bond acceptors (Lipinski definition) is 10. The summed E-state index contributed by atoms with van der Waals surface area (Å²) in [6.45, 7) is 0. The van der Waals surface area contributed by atoms with Crippen LogP contribution in [0.1, 0.15) is 25.7 Å². The third-order valence-corrected chi connectivity index (χ3v) is 5.63. The molecule has 10 heteroatoms. The van der Waals surface area contributed by atoms with Crippen LogP contribution in [-0.4, -0.2) is 45.4 Å². The lowest BCUT2D eigenvalue weighted by atomic mass is 10.1. The van der Waals surface area contributed by atoms with Gasteiger partial charge in [0.1, 0.15) is 16.6 Å². The zero-order valence-electron chi connectivity index (χ0n) is 18.9. The van der Waals surface area contributed by atoms with Crippen LogP contribution in [0.3, 0.4) is 0 Å². The number of allylic oxidation sites excluding steroid dienone is 1. The van der Waals surface area contributed by atoms with Gasteiger partial charge in [-0.05, 0) is 36.4 Å². The molecule has 3 aromatic rings. The van der Waals surface area contributed by atoms with Gasteiger partial charge < -0.3 is 24.3 Å². The molecule has 2 aromatic carbocycles. The fourth-order valence-corrected chi connectivity index (χ4v) is 3.81. The second-order valence-electron chi connectivity index (χ2n) is 6.67. The maximum Gasteiger partial charge on any atom is 0.339 e. The minimum Gasteiger partial charge on any atom is -0.493 e. The average Bonchev–Trinajstić information content (AvgIpc) is 3.37. The van der Waals surface area contributed by atoms with Crippen LogP contribution in [0.2, 0.25) is 0 Å². The highest BCUT2D eigenvalue weighted by atomic mass is 32.1. The predicted octanol–water partition coefficient (Wildman–Crippen LogP) is 4.38. The maximum atomic E-state index is 12.1. The second kappa shape index (κ2) is 11.0. The van der Waals surface area contributed by atoms with Crippen molar-refractivity contribution in [2.45, 2.75) is 0 Å². The topological polar surface area (TPSA) is 120 Å². The summed E-state index contributed by atoms with van der Waals surface area (Å²) >= 11 is 1.28. The lowest BCUT2D eigenvalue weighted by Crippen LogP contribution is -2.08. The molecule has 0 saturated carbocycles. The number of ether oxygens (including phenoxy) is 4. The minimum atomic E-state index is -0.601. The Balaban J connectivity index is 1.93. The number of nitrogens with zero attached hydrogens (tertiary/aromatic N) is 2. The maximum absolute atomic E-state index is 12.1. The van der Waals surface area contributed by atoms with E-state index in [1.165, 1.54) is 50.0 Å². The van der Waals surface area contributed by atoms with Crippen LogP contribution >= 0.6 is 11.3 Å². The highest BCUT2D eigenvalue weighted by Crippen LogP contribution is 2.33. The van der Waals surface area contributed by atoms with E-state index in [2.05, 4.69) is 16.4 Å². The number of methoxy groups -OCH3 is 4. The van der Waals surface area contributed by atoms with E-state index < -0.39 is 11.9 Å². The molecule has 0 bridgehead atoms. The van der Waals surface area contributed by atoms with E-state index in [9.17, 15) is 14.9 Å². The van der Waals surface area contributed by atoms with Crippen LogP contribution in [-0.2, 0) is 9.47 Å². The van der Waals surface area contributed by atoms with Crippen LogP contribution < -0.4 is 14.8 Å². The molecule has 1 heterocycles. The van der Waals surface area contributed by atoms with Crippen molar-refractivity contribution in [1.82, 2.24) is 4.98 Å². The molecule has 1 N–H and O–H groups in total.